The van der Waals surface area contributed by atoms with E-state index in [-0.39, 0.29) is 37.1 Å². The molecule has 0 bridgehead atoms. The Morgan fingerprint density at radius 2 is 1.32 bits per heavy atom. The summed E-state index contributed by atoms with van der Waals surface area (Å²) in [7, 11) is 0. The van der Waals surface area contributed by atoms with E-state index in [0.717, 1.165) is 31.2 Å². The highest BCUT2D eigenvalue weighted by Gasteiger charge is 2.28. The standard InChI is InChI=1S/C43H48ClN5O4/c1-28(30-8-4-3-5-9-30)48-42(50)35-19-21-38(47-25-35)27-53-41-22-33(16-17-34(41)23-45)32-14-12-31(13-15-32)29(2)49-43(51)36-18-20-37(46-24-36)26-52-40-11-7-6-10-39(40)44/h6-7,10-11,16-22,24-25,28-32H,3-5,8-9,12-15,26-27H2,1-2H3,(H,48,50)(H,49,51). The third-order valence-corrected chi connectivity index (χ3v) is 11.2. The molecule has 2 heterocycles. The Morgan fingerprint density at radius 1 is 0.755 bits per heavy atom. The number of nitrogens with one attached hydrogen (secondary N) is 2. The number of carbonyl (C=O) groups excluding carboxylic acids is 2. The minimum absolute atomic E-state index is 0.0109. The number of nitriles is 1. The van der Waals surface area contributed by atoms with Crippen LogP contribution >= 0.6 is 11.6 Å². The first kappa shape index (κ1) is 37.8. The first-order chi connectivity index (χ1) is 25.8. The van der Waals surface area contributed by atoms with Crippen molar-refractivity contribution in [2.75, 3.05) is 0 Å². The zero-order valence-electron chi connectivity index (χ0n) is 30.5. The molecule has 276 valence electrons. The second-order valence-corrected chi connectivity index (χ2v) is 14.9. The zero-order chi connectivity index (χ0) is 37.2. The van der Waals surface area contributed by atoms with Crippen molar-refractivity contribution in [3.8, 4) is 17.6 Å². The van der Waals surface area contributed by atoms with Crippen LogP contribution in [0.3, 0.4) is 0 Å². The molecular formula is C43H48ClN5O4. The van der Waals surface area contributed by atoms with Crippen LogP contribution < -0.4 is 20.1 Å². The Labute approximate surface area is 317 Å². The number of nitrogens with zero attached hydrogens (tertiary/aromatic N) is 3. The number of para-hydroxylation sites is 1. The summed E-state index contributed by atoms with van der Waals surface area (Å²) in [5.74, 6) is 2.10. The van der Waals surface area contributed by atoms with Gasteiger partial charge >= 0.3 is 0 Å². The summed E-state index contributed by atoms with van der Waals surface area (Å²) in [5.41, 5.74) is 4.04. The average molecular weight is 734 g/mol. The third kappa shape index (κ3) is 10.1. The van der Waals surface area contributed by atoms with Gasteiger partial charge in [0.05, 0.1) is 33.1 Å². The van der Waals surface area contributed by atoms with E-state index >= 15 is 0 Å². The van der Waals surface area contributed by atoms with Crippen LogP contribution in [0.2, 0.25) is 5.02 Å². The van der Waals surface area contributed by atoms with Crippen molar-refractivity contribution >= 4 is 23.4 Å². The molecule has 2 N–H and O–H groups in total. The fourth-order valence-corrected chi connectivity index (χ4v) is 7.75. The fourth-order valence-electron chi connectivity index (χ4n) is 7.56. The molecule has 2 fully saturated rings. The minimum atomic E-state index is -0.142. The van der Waals surface area contributed by atoms with Crippen LogP contribution in [-0.2, 0) is 13.2 Å². The van der Waals surface area contributed by atoms with Crippen molar-refractivity contribution in [2.45, 2.75) is 103 Å². The van der Waals surface area contributed by atoms with Crippen LogP contribution in [0, 0.1) is 23.2 Å². The van der Waals surface area contributed by atoms with Crippen LogP contribution in [0.5, 0.6) is 11.5 Å². The molecule has 4 aromatic rings. The summed E-state index contributed by atoms with van der Waals surface area (Å²) in [5, 5.41) is 16.7. The SMILES string of the molecule is CC(NC(=O)c1ccc(COc2cc(C3CCC(C(C)NC(=O)c4ccc(COc5ccccc5Cl)nc4)CC3)ccc2C#N)nc1)C1CCCCC1. The number of aromatic nitrogens is 2. The number of carbonyl (C=O) groups is 2. The lowest BCUT2D eigenvalue weighted by molar-refractivity contribution is 0.0909. The predicted octanol–water partition coefficient (Wildman–Crippen LogP) is 8.95. The average Bonchev–Trinajstić information content (AvgIpc) is 3.20. The van der Waals surface area contributed by atoms with Crippen LogP contribution in [0.1, 0.15) is 121 Å². The highest BCUT2D eigenvalue weighted by molar-refractivity contribution is 6.32. The largest absolute Gasteiger partial charge is 0.486 e. The molecular weight excluding hydrogens is 686 g/mol. The second-order valence-electron chi connectivity index (χ2n) is 14.5. The monoisotopic (exact) mass is 733 g/mol. The normalized spacial score (nSPS) is 18.6. The van der Waals surface area contributed by atoms with Gasteiger partial charge in [0.25, 0.3) is 11.8 Å². The number of halogens is 1. The molecule has 2 aromatic carbocycles. The smallest absolute Gasteiger partial charge is 0.253 e. The molecule has 2 saturated carbocycles. The Morgan fingerprint density at radius 3 is 1.87 bits per heavy atom. The van der Waals surface area contributed by atoms with E-state index in [4.69, 9.17) is 21.1 Å². The lowest BCUT2D eigenvalue weighted by Gasteiger charge is -2.33. The molecule has 9 nitrogen and oxygen atoms in total. The Balaban J connectivity index is 0.965. The van der Waals surface area contributed by atoms with E-state index < -0.39 is 0 Å². The number of ether oxygens (including phenoxy) is 2. The maximum atomic E-state index is 13.1. The van der Waals surface area contributed by atoms with Gasteiger partial charge in [-0.15, -0.1) is 0 Å². The Bertz CT molecular complexity index is 1880. The van der Waals surface area contributed by atoms with E-state index in [0.29, 0.717) is 62.4 Å². The molecule has 2 atom stereocenters. The number of hydrogen-bond donors (Lipinski definition) is 2. The molecule has 2 amide bonds. The fraction of sp³-hybridized carbons (Fsp3) is 0.419. The highest BCUT2D eigenvalue weighted by Crippen LogP contribution is 2.39. The van der Waals surface area contributed by atoms with E-state index in [2.05, 4.69) is 40.5 Å². The molecule has 0 spiro atoms. The van der Waals surface area contributed by atoms with Crippen molar-refractivity contribution in [3.05, 3.63) is 118 Å². The molecule has 53 heavy (non-hydrogen) atoms. The lowest BCUT2D eigenvalue weighted by Crippen LogP contribution is -2.39. The second kappa shape index (κ2) is 18.2. The van der Waals surface area contributed by atoms with E-state index in [9.17, 15) is 14.9 Å². The molecule has 2 aliphatic rings. The number of amides is 2. The van der Waals surface area contributed by atoms with Crippen molar-refractivity contribution in [1.82, 2.24) is 20.6 Å². The van der Waals surface area contributed by atoms with Gasteiger partial charge in [0, 0.05) is 24.5 Å². The van der Waals surface area contributed by atoms with Gasteiger partial charge in [-0.25, -0.2) is 0 Å². The van der Waals surface area contributed by atoms with Crippen molar-refractivity contribution < 1.29 is 19.1 Å². The van der Waals surface area contributed by atoms with Gasteiger partial charge < -0.3 is 20.1 Å². The first-order valence-corrected chi connectivity index (χ1v) is 19.2. The maximum absolute atomic E-state index is 13.1. The summed E-state index contributed by atoms with van der Waals surface area (Å²) in [4.78, 5) is 34.8. The summed E-state index contributed by atoms with van der Waals surface area (Å²) >= 11 is 6.17. The molecule has 2 aliphatic carbocycles. The predicted molar refractivity (Wildman–Crippen MR) is 205 cm³/mol. The van der Waals surface area contributed by atoms with Gasteiger partial charge in [-0.1, -0.05) is 49.1 Å². The Hall–Kier alpha value is -4.94. The topological polar surface area (TPSA) is 126 Å². The number of rotatable bonds is 13. The summed E-state index contributed by atoms with van der Waals surface area (Å²) in [6.07, 6.45) is 13.2. The molecule has 0 saturated heterocycles. The van der Waals surface area contributed by atoms with Gasteiger partial charge in [-0.3, -0.25) is 19.6 Å². The maximum Gasteiger partial charge on any atom is 0.253 e. The zero-order valence-corrected chi connectivity index (χ0v) is 31.3. The third-order valence-electron chi connectivity index (χ3n) is 10.9. The van der Waals surface area contributed by atoms with E-state index in [1.54, 1.807) is 42.7 Å². The quantitative estimate of drug-likeness (QED) is 0.141. The molecule has 0 radical (unpaired) electrons. The first-order valence-electron chi connectivity index (χ1n) is 18.8. The summed E-state index contributed by atoms with van der Waals surface area (Å²) in [6, 6.07) is 22.7. The van der Waals surface area contributed by atoms with Crippen molar-refractivity contribution in [1.29, 1.82) is 5.26 Å². The number of hydrogen-bond acceptors (Lipinski definition) is 7. The molecule has 2 aromatic heterocycles. The van der Waals surface area contributed by atoms with Crippen molar-refractivity contribution in [2.24, 2.45) is 11.8 Å². The van der Waals surface area contributed by atoms with Gasteiger partial charge in [-0.2, -0.15) is 5.26 Å². The van der Waals surface area contributed by atoms with Crippen LogP contribution in [0.4, 0.5) is 0 Å². The number of benzene rings is 2. The van der Waals surface area contributed by atoms with E-state index in [1.165, 1.54) is 32.1 Å². The Kier molecular flexibility index (Phi) is 13.0. The molecule has 2 unspecified atom stereocenters. The van der Waals surface area contributed by atoms with Gasteiger partial charge in [0.1, 0.15) is 30.8 Å². The van der Waals surface area contributed by atoms with Gasteiger partial charge in [0.2, 0.25) is 0 Å². The van der Waals surface area contributed by atoms with Crippen LogP contribution in [0.25, 0.3) is 0 Å². The molecule has 0 aliphatic heterocycles. The lowest BCUT2D eigenvalue weighted by atomic mass is 9.76. The van der Waals surface area contributed by atoms with Gasteiger partial charge in [-0.05, 0) is 124 Å². The highest BCUT2D eigenvalue weighted by atomic mass is 35.5. The molecule has 6 rings (SSSR count). The van der Waals surface area contributed by atoms with Crippen molar-refractivity contribution in [3.63, 3.8) is 0 Å². The van der Waals surface area contributed by atoms with Crippen LogP contribution in [-0.4, -0.2) is 33.9 Å². The van der Waals surface area contributed by atoms with E-state index in [1.807, 2.05) is 36.4 Å². The molecule has 10 heteroatoms. The minimum Gasteiger partial charge on any atom is -0.486 e. The summed E-state index contributed by atoms with van der Waals surface area (Å²) < 4.78 is 11.9. The number of pyridine rings is 2. The summed E-state index contributed by atoms with van der Waals surface area (Å²) in [6.45, 7) is 4.61. The van der Waals surface area contributed by atoms with Gasteiger partial charge in [0.15, 0.2) is 0 Å². The van der Waals surface area contributed by atoms with Crippen LogP contribution in [0.15, 0.2) is 79.1 Å².